The van der Waals surface area contributed by atoms with Crippen molar-refractivity contribution in [1.82, 2.24) is 5.32 Å². The van der Waals surface area contributed by atoms with Crippen LogP contribution < -0.4 is 5.32 Å². The lowest BCUT2D eigenvalue weighted by molar-refractivity contribution is -0.153. The Bertz CT molecular complexity index is 531. The van der Waals surface area contributed by atoms with Crippen molar-refractivity contribution in [2.24, 2.45) is 17.0 Å². The van der Waals surface area contributed by atoms with Gasteiger partial charge in [0.15, 0.2) is 5.84 Å². The van der Waals surface area contributed by atoms with E-state index >= 15 is 0 Å². The van der Waals surface area contributed by atoms with Crippen molar-refractivity contribution in [2.45, 2.75) is 38.3 Å². The van der Waals surface area contributed by atoms with Gasteiger partial charge in [-0.1, -0.05) is 25.1 Å². The molecule has 2 heterocycles. The Morgan fingerprint density at radius 1 is 1.43 bits per heavy atom. The summed E-state index contributed by atoms with van der Waals surface area (Å²) in [5.41, 5.74) is 0. The van der Waals surface area contributed by atoms with Gasteiger partial charge in [0, 0.05) is 0 Å². The molecule has 0 radical (unpaired) electrons. The van der Waals surface area contributed by atoms with Gasteiger partial charge >= 0.3 is 5.97 Å². The molecule has 1 fully saturated rings. The summed E-state index contributed by atoms with van der Waals surface area (Å²) >= 11 is 0. The number of nitrogens with one attached hydrogen (secondary N) is 1. The molecule has 0 aromatic heterocycles. The standard InChI is InChI=1S/C14H20N2O7/c1-6(2)14(20)22-5-8-10(17)11(18)12(23-8)7-3-4-9(16-21)15-13(7)19/h3-4,6-8,10-12,17-18,21H,5H2,1-2H3,(H,15,16,19)/t7?,8-,10-,11-,12?/m1/s1. The predicted octanol–water partition coefficient (Wildman–Crippen LogP) is -1.24. The fourth-order valence-electron chi connectivity index (χ4n) is 2.39. The molecule has 2 aliphatic heterocycles. The molecule has 0 aromatic carbocycles. The lowest BCUT2D eigenvalue weighted by Gasteiger charge is -2.24. The smallest absolute Gasteiger partial charge is 0.308 e. The first-order valence-corrected chi connectivity index (χ1v) is 7.24. The van der Waals surface area contributed by atoms with E-state index in [2.05, 4.69) is 10.5 Å². The van der Waals surface area contributed by atoms with Crippen LogP contribution in [0.5, 0.6) is 0 Å². The SMILES string of the molecule is CC(C)C(=O)OC[C@H]1OC(C2C=CC(=NO)NC2=O)[C@H](O)[C@@H]1O. The van der Waals surface area contributed by atoms with Gasteiger partial charge in [-0.3, -0.25) is 9.59 Å². The maximum atomic E-state index is 12.0. The van der Waals surface area contributed by atoms with Crippen LogP contribution in [-0.4, -0.2) is 64.2 Å². The van der Waals surface area contributed by atoms with E-state index in [0.29, 0.717) is 0 Å². The molecule has 0 saturated carbocycles. The normalized spacial score (nSPS) is 35.6. The number of carbonyl (C=O) groups excluding carboxylic acids is 2. The van der Waals surface area contributed by atoms with Crippen LogP contribution in [0.15, 0.2) is 17.3 Å². The number of rotatable bonds is 4. The number of amides is 1. The number of ether oxygens (including phenoxy) is 2. The van der Waals surface area contributed by atoms with Crippen LogP contribution in [0.4, 0.5) is 0 Å². The third-order valence-electron chi connectivity index (χ3n) is 3.74. The van der Waals surface area contributed by atoms with Crippen molar-refractivity contribution < 1.29 is 34.5 Å². The first-order chi connectivity index (χ1) is 10.8. The van der Waals surface area contributed by atoms with E-state index in [-0.39, 0.29) is 18.4 Å². The van der Waals surface area contributed by atoms with Crippen LogP contribution >= 0.6 is 0 Å². The molecule has 2 rings (SSSR count). The molecule has 128 valence electrons. The van der Waals surface area contributed by atoms with Crippen LogP contribution in [0.2, 0.25) is 0 Å². The molecular weight excluding hydrogens is 308 g/mol. The van der Waals surface area contributed by atoms with E-state index in [1.165, 1.54) is 12.2 Å². The van der Waals surface area contributed by atoms with E-state index in [1.807, 2.05) is 0 Å². The number of amidine groups is 1. The van der Waals surface area contributed by atoms with Crippen molar-refractivity contribution in [2.75, 3.05) is 6.61 Å². The zero-order chi connectivity index (χ0) is 17.1. The topological polar surface area (TPSA) is 138 Å². The van der Waals surface area contributed by atoms with Crippen LogP contribution in [-0.2, 0) is 19.1 Å². The summed E-state index contributed by atoms with van der Waals surface area (Å²) in [6.07, 6.45) is -1.74. The van der Waals surface area contributed by atoms with Crippen LogP contribution in [0.25, 0.3) is 0 Å². The van der Waals surface area contributed by atoms with E-state index in [4.69, 9.17) is 14.7 Å². The highest BCUT2D eigenvalue weighted by Crippen LogP contribution is 2.29. The number of oxime groups is 1. The molecule has 5 atom stereocenters. The van der Waals surface area contributed by atoms with Crippen LogP contribution in [0.1, 0.15) is 13.8 Å². The van der Waals surface area contributed by atoms with Crippen molar-refractivity contribution in [3.8, 4) is 0 Å². The Morgan fingerprint density at radius 3 is 2.70 bits per heavy atom. The summed E-state index contributed by atoms with van der Waals surface area (Å²) in [6, 6.07) is 0. The highest BCUT2D eigenvalue weighted by Gasteiger charge is 2.48. The lowest BCUT2D eigenvalue weighted by atomic mass is 9.93. The van der Waals surface area contributed by atoms with E-state index in [1.54, 1.807) is 13.8 Å². The van der Waals surface area contributed by atoms with Crippen LogP contribution in [0, 0.1) is 11.8 Å². The van der Waals surface area contributed by atoms with Gasteiger partial charge in [0.2, 0.25) is 5.91 Å². The first kappa shape index (κ1) is 17.4. The van der Waals surface area contributed by atoms with Crippen molar-refractivity contribution in [3.63, 3.8) is 0 Å². The fourth-order valence-corrected chi connectivity index (χ4v) is 2.39. The largest absolute Gasteiger partial charge is 0.463 e. The summed E-state index contributed by atoms with van der Waals surface area (Å²) in [5.74, 6) is -2.19. The second kappa shape index (κ2) is 7.07. The Balaban J connectivity index is 2.02. The number of hydrogen-bond donors (Lipinski definition) is 4. The molecule has 0 bridgehead atoms. The Labute approximate surface area is 132 Å². The third-order valence-corrected chi connectivity index (χ3v) is 3.74. The van der Waals surface area contributed by atoms with Gasteiger partial charge in [0.1, 0.15) is 31.0 Å². The zero-order valence-corrected chi connectivity index (χ0v) is 12.7. The Morgan fingerprint density at radius 2 is 2.13 bits per heavy atom. The molecule has 1 amide bonds. The molecule has 0 aromatic rings. The summed E-state index contributed by atoms with van der Waals surface area (Å²) in [6.45, 7) is 3.12. The van der Waals surface area contributed by atoms with Gasteiger partial charge in [0.05, 0.1) is 11.8 Å². The maximum absolute atomic E-state index is 12.0. The van der Waals surface area contributed by atoms with Gasteiger partial charge in [-0.15, -0.1) is 0 Å². The monoisotopic (exact) mass is 328 g/mol. The Kier molecular flexibility index (Phi) is 5.34. The van der Waals surface area contributed by atoms with Gasteiger partial charge < -0.3 is 30.2 Å². The molecule has 1 saturated heterocycles. The average molecular weight is 328 g/mol. The molecule has 9 nitrogen and oxygen atoms in total. The first-order valence-electron chi connectivity index (χ1n) is 7.24. The van der Waals surface area contributed by atoms with Gasteiger partial charge in [-0.05, 0) is 6.08 Å². The van der Waals surface area contributed by atoms with Gasteiger partial charge in [0.25, 0.3) is 0 Å². The summed E-state index contributed by atoms with van der Waals surface area (Å²) < 4.78 is 10.5. The van der Waals surface area contributed by atoms with Crippen molar-refractivity contribution in [3.05, 3.63) is 12.2 Å². The molecule has 2 aliphatic rings. The molecule has 2 unspecified atom stereocenters. The average Bonchev–Trinajstić information content (AvgIpc) is 2.80. The number of carbonyl (C=O) groups is 2. The summed E-state index contributed by atoms with van der Waals surface area (Å²) in [5, 5.41) is 33.9. The predicted molar refractivity (Wildman–Crippen MR) is 76.5 cm³/mol. The summed E-state index contributed by atoms with van der Waals surface area (Å²) in [4.78, 5) is 23.4. The molecule has 9 heteroatoms. The van der Waals surface area contributed by atoms with Gasteiger partial charge in [-0.2, -0.15) is 0 Å². The quantitative estimate of drug-likeness (QED) is 0.288. The van der Waals surface area contributed by atoms with Crippen molar-refractivity contribution >= 4 is 17.7 Å². The minimum atomic E-state index is -1.31. The second-order valence-electron chi connectivity index (χ2n) is 5.76. The molecule has 0 spiro atoms. The number of aliphatic hydroxyl groups is 2. The van der Waals surface area contributed by atoms with E-state index < -0.39 is 42.2 Å². The Hall–Kier alpha value is -1.97. The maximum Gasteiger partial charge on any atom is 0.308 e. The van der Waals surface area contributed by atoms with Crippen LogP contribution in [0.3, 0.4) is 0 Å². The second-order valence-corrected chi connectivity index (χ2v) is 5.76. The van der Waals surface area contributed by atoms with E-state index in [9.17, 15) is 19.8 Å². The molecule has 23 heavy (non-hydrogen) atoms. The molecule has 0 aliphatic carbocycles. The number of nitrogens with zero attached hydrogens (tertiary/aromatic N) is 1. The number of aliphatic hydroxyl groups excluding tert-OH is 2. The lowest BCUT2D eigenvalue weighted by Crippen LogP contribution is -2.46. The zero-order valence-electron chi connectivity index (χ0n) is 12.7. The van der Waals surface area contributed by atoms with Gasteiger partial charge in [-0.25, -0.2) is 0 Å². The molecular formula is C14H20N2O7. The molecule has 4 N–H and O–H groups in total. The fraction of sp³-hybridized carbons (Fsp3) is 0.643. The minimum Gasteiger partial charge on any atom is -0.463 e. The number of esters is 1. The highest BCUT2D eigenvalue weighted by molar-refractivity contribution is 6.08. The summed E-state index contributed by atoms with van der Waals surface area (Å²) in [7, 11) is 0. The highest BCUT2D eigenvalue weighted by atomic mass is 16.6. The third kappa shape index (κ3) is 3.69. The van der Waals surface area contributed by atoms with E-state index in [0.717, 1.165) is 0 Å². The minimum absolute atomic E-state index is 0.0262. The van der Waals surface area contributed by atoms with Crippen molar-refractivity contribution in [1.29, 1.82) is 0 Å². The number of hydrogen-bond acceptors (Lipinski definition) is 8.